The van der Waals surface area contributed by atoms with E-state index >= 15 is 0 Å². The second kappa shape index (κ2) is 5.81. The first-order valence-corrected chi connectivity index (χ1v) is 7.78. The number of rotatable bonds is 2. The van der Waals surface area contributed by atoms with Crippen LogP contribution in [0.15, 0.2) is 53.4 Å². The van der Waals surface area contributed by atoms with Crippen molar-refractivity contribution in [1.29, 1.82) is 0 Å². The number of amides is 2. The molecule has 4 heteroatoms. The lowest BCUT2D eigenvalue weighted by Gasteiger charge is -2.15. The van der Waals surface area contributed by atoms with Gasteiger partial charge in [-0.2, -0.15) is 0 Å². The highest BCUT2D eigenvalue weighted by atomic mass is 32.2. The summed E-state index contributed by atoms with van der Waals surface area (Å²) in [5.74, 6) is -0.259. The van der Waals surface area contributed by atoms with Crippen molar-refractivity contribution < 1.29 is 9.59 Å². The summed E-state index contributed by atoms with van der Waals surface area (Å²) in [6, 6.07) is 15.2. The fraction of sp³-hybridized carbons (Fsp3) is 0.111. The average Bonchev–Trinajstić information content (AvgIpc) is 2.75. The standard InChI is InChI=1S/C18H15NO2S/c1-12-8-9-15(13(2)10-12)19-17(20)16(22-18(19)21)11-14-6-4-3-5-7-14/h3-11H,1-2H3/b16-11-. The quantitative estimate of drug-likeness (QED) is 0.764. The number of hydrogen-bond acceptors (Lipinski definition) is 3. The van der Waals surface area contributed by atoms with Crippen LogP contribution in [0.3, 0.4) is 0 Å². The molecule has 0 radical (unpaired) electrons. The lowest BCUT2D eigenvalue weighted by Crippen LogP contribution is -2.28. The first-order valence-electron chi connectivity index (χ1n) is 6.96. The van der Waals surface area contributed by atoms with Crippen molar-refractivity contribution in [2.45, 2.75) is 13.8 Å². The zero-order valence-electron chi connectivity index (χ0n) is 12.4. The summed E-state index contributed by atoms with van der Waals surface area (Å²) in [7, 11) is 0. The maximum Gasteiger partial charge on any atom is 0.298 e. The van der Waals surface area contributed by atoms with E-state index in [1.54, 1.807) is 6.08 Å². The van der Waals surface area contributed by atoms with Gasteiger partial charge >= 0.3 is 0 Å². The summed E-state index contributed by atoms with van der Waals surface area (Å²) in [6.45, 7) is 3.90. The SMILES string of the molecule is Cc1ccc(N2C(=O)S/C(=C\c3ccccc3)C2=O)c(C)c1. The number of carbonyl (C=O) groups excluding carboxylic acids is 2. The zero-order chi connectivity index (χ0) is 15.7. The summed E-state index contributed by atoms with van der Waals surface area (Å²) < 4.78 is 0. The van der Waals surface area contributed by atoms with E-state index in [-0.39, 0.29) is 11.1 Å². The minimum Gasteiger partial charge on any atom is -0.268 e. The molecule has 0 aromatic heterocycles. The first-order chi connectivity index (χ1) is 10.6. The minimum atomic E-state index is -0.259. The largest absolute Gasteiger partial charge is 0.298 e. The van der Waals surface area contributed by atoms with Crippen LogP contribution in [-0.2, 0) is 4.79 Å². The Morgan fingerprint density at radius 2 is 1.73 bits per heavy atom. The molecule has 3 nitrogen and oxygen atoms in total. The maximum atomic E-state index is 12.6. The third-order valence-corrected chi connectivity index (χ3v) is 4.35. The van der Waals surface area contributed by atoms with E-state index in [1.165, 1.54) is 4.90 Å². The smallest absolute Gasteiger partial charge is 0.268 e. The van der Waals surface area contributed by atoms with Crippen LogP contribution in [0, 0.1) is 13.8 Å². The lowest BCUT2D eigenvalue weighted by molar-refractivity contribution is -0.113. The van der Waals surface area contributed by atoms with Crippen molar-refractivity contribution >= 4 is 34.7 Å². The third kappa shape index (κ3) is 2.70. The number of carbonyl (C=O) groups is 2. The molecule has 0 unspecified atom stereocenters. The van der Waals surface area contributed by atoms with Gasteiger partial charge in [0.05, 0.1) is 10.6 Å². The highest BCUT2D eigenvalue weighted by Gasteiger charge is 2.36. The van der Waals surface area contributed by atoms with Crippen LogP contribution in [0.1, 0.15) is 16.7 Å². The molecule has 1 saturated heterocycles. The predicted octanol–water partition coefficient (Wildman–Crippen LogP) is 4.54. The monoisotopic (exact) mass is 309 g/mol. The summed E-state index contributed by atoms with van der Waals surface area (Å²) >= 11 is 0.983. The van der Waals surface area contributed by atoms with Gasteiger partial charge in [0.2, 0.25) is 0 Å². The molecule has 0 saturated carbocycles. The second-order valence-electron chi connectivity index (χ2n) is 5.22. The normalized spacial score (nSPS) is 16.6. The minimum absolute atomic E-state index is 0.251. The molecule has 0 N–H and O–H groups in total. The summed E-state index contributed by atoms with van der Waals surface area (Å²) in [4.78, 5) is 26.5. The van der Waals surface area contributed by atoms with Crippen LogP contribution in [-0.4, -0.2) is 11.1 Å². The Morgan fingerprint density at radius 3 is 2.41 bits per heavy atom. The van der Waals surface area contributed by atoms with Crippen molar-refractivity contribution in [2.75, 3.05) is 4.90 Å². The van der Waals surface area contributed by atoms with E-state index in [0.29, 0.717) is 10.6 Å². The van der Waals surface area contributed by atoms with E-state index in [1.807, 2.05) is 62.4 Å². The Hall–Kier alpha value is -2.33. The molecule has 0 spiro atoms. The number of nitrogens with zero attached hydrogens (tertiary/aromatic N) is 1. The second-order valence-corrected chi connectivity index (χ2v) is 6.21. The van der Waals surface area contributed by atoms with Crippen LogP contribution >= 0.6 is 11.8 Å². The Morgan fingerprint density at radius 1 is 1.00 bits per heavy atom. The Labute approximate surface area is 133 Å². The molecule has 1 heterocycles. The van der Waals surface area contributed by atoms with Crippen molar-refractivity contribution in [3.63, 3.8) is 0 Å². The molecule has 0 atom stereocenters. The number of thioether (sulfide) groups is 1. The van der Waals surface area contributed by atoms with Gasteiger partial charge in [-0.15, -0.1) is 0 Å². The van der Waals surface area contributed by atoms with E-state index in [2.05, 4.69) is 0 Å². The van der Waals surface area contributed by atoms with E-state index in [4.69, 9.17) is 0 Å². The molecule has 3 rings (SSSR count). The van der Waals surface area contributed by atoms with Gasteiger partial charge in [-0.05, 0) is 48.9 Å². The molecular formula is C18H15NO2S. The van der Waals surface area contributed by atoms with Crippen LogP contribution < -0.4 is 4.90 Å². The molecule has 0 aliphatic carbocycles. The van der Waals surface area contributed by atoms with Gasteiger partial charge in [-0.25, -0.2) is 4.90 Å². The molecule has 110 valence electrons. The molecule has 1 aliphatic rings. The van der Waals surface area contributed by atoms with Gasteiger partial charge in [-0.3, -0.25) is 9.59 Å². The van der Waals surface area contributed by atoms with Crippen molar-refractivity contribution in [1.82, 2.24) is 0 Å². The first kappa shape index (κ1) is 14.6. The van der Waals surface area contributed by atoms with Crippen molar-refractivity contribution in [2.24, 2.45) is 0 Å². The molecule has 2 aromatic carbocycles. The van der Waals surface area contributed by atoms with Crippen LogP contribution in [0.4, 0.5) is 10.5 Å². The number of hydrogen-bond donors (Lipinski definition) is 0. The van der Waals surface area contributed by atoms with Crippen LogP contribution in [0.5, 0.6) is 0 Å². The van der Waals surface area contributed by atoms with Gasteiger partial charge in [0.15, 0.2) is 0 Å². The molecule has 2 aromatic rings. The van der Waals surface area contributed by atoms with E-state index < -0.39 is 0 Å². The number of aryl methyl sites for hydroxylation is 2. The van der Waals surface area contributed by atoms with Crippen LogP contribution in [0.25, 0.3) is 6.08 Å². The fourth-order valence-electron chi connectivity index (χ4n) is 2.43. The maximum absolute atomic E-state index is 12.6. The highest BCUT2D eigenvalue weighted by molar-refractivity contribution is 8.19. The van der Waals surface area contributed by atoms with Crippen LogP contribution in [0.2, 0.25) is 0 Å². The van der Waals surface area contributed by atoms with E-state index in [0.717, 1.165) is 28.5 Å². The lowest BCUT2D eigenvalue weighted by atomic mass is 10.1. The molecule has 22 heavy (non-hydrogen) atoms. The number of imide groups is 1. The third-order valence-electron chi connectivity index (χ3n) is 3.48. The zero-order valence-corrected chi connectivity index (χ0v) is 13.2. The van der Waals surface area contributed by atoms with E-state index in [9.17, 15) is 9.59 Å². The Balaban J connectivity index is 1.97. The van der Waals surface area contributed by atoms with Gasteiger partial charge in [0.1, 0.15) is 0 Å². The van der Waals surface area contributed by atoms with Gasteiger partial charge in [0, 0.05) is 0 Å². The number of anilines is 1. The Bertz CT molecular complexity index is 781. The molecular weight excluding hydrogens is 294 g/mol. The highest BCUT2D eigenvalue weighted by Crippen LogP contribution is 2.37. The van der Waals surface area contributed by atoms with Crippen molar-refractivity contribution in [3.8, 4) is 0 Å². The summed E-state index contributed by atoms with van der Waals surface area (Å²) in [5, 5.41) is -0.251. The van der Waals surface area contributed by atoms with Gasteiger partial charge < -0.3 is 0 Å². The average molecular weight is 309 g/mol. The van der Waals surface area contributed by atoms with Crippen molar-refractivity contribution in [3.05, 3.63) is 70.1 Å². The topological polar surface area (TPSA) is 37.4 Å². The molecule has 1 aliphatic heterocycles. The predicted molar refractivity (Wildman–Crippen MR) is 90.8 cm³/mol. The molecule has 0 bridgehead atoms. The number of benzene rings is 2. The molecule has 1 fully saturated rings. The van der Waals surface area contributed by atoms with Gasteiger partial charge in [0.25, 0.3) is 11.1 Å². The van der Waals surface area contributed by atoms with Gasteiger partial charge in [-0.1, -0.05) is 48.0 Å². The fourth-order valence-corrected chi connectivity index (χ4v) is 3.27. The summed E-state index contributed by atoms with van der Waals surface area (Å²) in [5.41, 5.74) is 3.59. The summed E-state index contributed by atoms with van der Waals surface area (Å²) in [6.07, 6.45) is 1.76. The Kier molecular flexibility index (Phi) is 3.86. The molecule has 2 amide bonds.